The van der Waals surface area contributed by atoms with Crippen molar-refractivity contribution < 1.29 is 9.90 Å². The minimum absolute atomic E-state index is 0.501. The molecular formula is C15H30N2O2. The van der Waals surface area contributed by atoms with E-state index in [0.29, 0.717) is 12.5 Å². The maximum atomic E-state index is 11.7. The maximum absolute atomic E-state index is 11.7. The molecule has 1 rings (SSSR count). The van der Waals surface area contributed by atoms with E-state index in [9.17, 15) is 9.90 Å². The highest BCUT2D eigenvalue weighted by Crippen LogP contribution is 2.39. The summed E-state index contributed by atoms with van der Waals surface area (Å²) in [4.78, 5) is 16.0. The van der Waals surface area contributed by atoms with Gasteiger partial charge in [-0.3, -0.25) is 4.79 Å². The first kappa shape index (κ1) is 16.4. The van der Waals surface area contributed by atoms with Crippen LogP contribution in [0.1, 0.15) is 39.0 Å². The van der Waals surface area contributed by atoms with Gasteiger partial charge in [0.25, 0.3) is 0 Å². The van der Waals surface area contributed by atoms with Gasteiger partial charge in [0.1, 0.15) is 0 Å². The Kier molecular flexibility index (Phi) is 6.27. The second kappa shape index (κ2) is 7.25. The van der Waals surface area contributed by atoms with E-state index in [1.807, 2.05) is 0 Å². The van der Waals surface area contributed by atoms with E-state index in [1.165, 1.54) is 0 Å². The van der Waals surface area contributed by atoms with Crippen LogP contribution in [0.25, 0.3) is 0 Å². The molecule has 0 aromatic carbocycles. The molecule has 1 aliphatic carbocycles. The minimum atomic E-state index is -0.598. The molecule has 19 heavy (non-hydrogen) atoms. The summed E-state index contributed by atoms with van der Waals surface area (Å²) in [5.74, 6) is 0.0883. The largest absolute Gasteiger partial charge is 0.481 e. The zero-order valence-electron chi connectivity index (χ0n) is 13.0. The lowest BCUT2D eigenvalue weighted by molar-refractivity contribution is -0.152. The molecule has 1 saturated carbocycles. The highest BCUT2D eigenvalue weighted by molar-refractivity contribution is 5.75. The molecule has 0 aromatic rings. The van der Waals surface area contributed by atoms with Crippen molar-refractivity contribution in [1.82, 2.24) is 9.80 Å². The smallest absolute Gasteiger partial charge is 0.310 e. The van der Waals surface area contributed by atoms with Gasteiger partial charge in [-0.15, -0.1) is 0 Å². The Morgan fingerprint density at radius 3 is 2.26 bits per heavy atom. The number of nitrogens with zero attached hydrogens (tertiary/aromatic N) is 2. The van der Waals surface area contributed by atoms with E-state index in [0.717, 1.165) is 45.2 Å². The van der Waals surface area contributed by atoms with Crippen LogP contribution in [-0.4, -0.2) is 61.7 Å². The number of hydrogen-bond acceptors (Lipinski definition) is 3. The van der Waals surface area contributed by atoms with Gasteiger partial charge in [-0.25, -0.2) is 0 Å². The molecule has 112 valence electrons. The topological polar surface area (TPSA) is 43.8 Å². The molecule has 0 aliphatic heterocycles. The van der Waals surface area contributed by atoms with E-state index in [2.05, 4.69) is 37.9 Å². The molecule has 0 heterocycles. The van der Waals surface area contributed by atoms with E-state index in [4.69, 9.17) is 0 Å². The van der Waals surface area contributed by atoms with E-state index < -0.39 is 11.4 Å². The molecule has 0 unspecified atom stereocenters. The summed E-state index contributed by atoms with van der Waals surface area (Å²) in [7, 11) is 6.20. The predicted octanol–water partition coefficient (Wildman–Crippen LogP) is 2.15. The third kappa shape index (κ3) is 5.11. The van der Waals surface area contributed by atoms with Crippen LogP contribution < -0.4 is 0 Å². The van der Waals surface area contributed by atoms with Crippen molar-refractivity contribution in [2.75, 3.05) is 40.8 Å². The second-order valence-electron chi connectivity index (χ2n) is 6.66. The van der Waals surface area contributed by atoms with Gasteiger partial charge in [0.15, 0.2) is 0 Å². The van der Waals surface area contributed by atoms with Crippen LogP contribution >= 0.6 is 0 Å². The number of rotatable bonds is 7. The summed E-state index contributed by atoms with van der Waals surface area (Å²) in [6.07, 6.45) is 4.87. The van der Waals surface area contributed by atoms with Gasteiger partial charge in [-0.2, -0.15) is 0 Å². The van der Waals surface area contributed by atoms with E-state index >= 15 is 0 Å². The van der Waals surface area contributed by atoms with Crippen molar-refractivity contribution in [3.8, 4) is 0 Å². The van der Waals surface area contributed by atoms with Gasteiger partial charge in [-0.05, 0) is 72.3 Å². The quantitative estimate of drug-likeness (QED) is 0.770. The zero-order valence-corrected chi connectivity index (χ0v) is 13.0. The molecule has 1 aliphatic rings. The molecule has 1 fully saturated rings. The van der Waals surface area contributed by atoms with Gasteiger partial charge >= 0.3 is 5.97 Å². The minimum Gasteiger partial charge on any atom is -0.481 e. The van der Waals surface area contributed by atoms with Crippen molar-refractivity contribution in [1.29, 1.82) is 0 Å². The average Bonchev–Trinajstić information content (AvgIpc) is 2.31. The number of aliphatic carboxylic acids is 1. The maximum Gasteiger partial charge on any atom is 0.310 e. The lowest BCUT2D eigenvalue weighted by Gasteiger charge is -2.38. The van der Waals surface area contributed by atoms with Crippen molar-refractivity contribution >= 4 is 5.97 Å². The first-order valence-corrected chi connectivity index (χ1v) is 7.42. The molecule has 0 spiro atoms. The van der Waals surface area contributed by atoms with E-state index in [1.54, 1.807) is 0 Å². The Morgan fingerprint density at radius 1 is 1.21 bits per heavy atom. The van der Waals surface area contributed by atoms with Crippen molar-refractivity contribution in [3.63, 3.8) is 0 Å². The van der Waals surface area contributed by atoms with Crippen molar-refractivity contribution in [2.24, 2.45) is 11.3 Å². The summed E-state index contributed by atoms with van der Waals surface area (Å²) >= 11 is 0. The lowest BCUT2D eigenvalue weighted by Crippen LogP contribution is -2.44. The van der Waals surface area contributed by atoms with Crippen LogP contribution in [0.5, 0.6) is 0 Å². The molecule has 4 nitrogen and oxygen atoms in total. The molecule has 4 heteroatoms. The standard InChI is InChI=1S/C15H30N2O2/c1-13-6-8-15(9-7-13,14(18)19)12-17(4)11-5-10-16(2)3/h13H,5-12H2,1-4H3,(H,18,19). The van der Waals surface area contributed by atoms with Gasteiger partial charge in [0.05, 0.1) is 5.41 Å². The Hall–Kier alpha value is -0.610. The van der Waals surface area contributed by atoms with Crippen LogP contribution in [0.3, 0.4) is 0 Å². The number of hydrogen-bond donors (Lipinski definition) is 1. The average molecular weight is 270 g/mol. The monoisotopic (exact) mass is 270 g/mol. The highest BCUT2D eigenvalue weighted by Gasteiger charge is 2.41. The Labute approximate surface area is 117 Å². The SMILES string of the molecule is CC1CCC(CN(C)CCCN(C)C)(C(=O)O)CC1. The summed E-state index contributed by atoms with van der Waals surface area (Å²) in [6.45, 7) is 4.96. The number of carboxylic acid groups (broad SMARTS) is 1. The molecule has 0 bridgehead atoms. The molecule has 0 saturated heterocycles. The van der Waals surface area contributed by atoms with Crippen LogP contribution in [0, 0.1) is 11.3 Å². The fraction of sp³-hybridized carbons (Fsp3) is 0.933. The Bertz CT molecular complexity index is 284. The summed E-state index contributed by atoms with van der Waals surface area (Å²) in [6, 6.07) is 0. The second-order valence-corrected chi connectivity index (χ2v) is 6.66. The lowest BCUT2D eigenvalue weighted by atomic mass is 9.70. The third-order valence-corrected chi connectivity index (χ3v) is 4.40. The van der Waals surface area contributed by atoms with E-state index in [-0.39, 0.29) is 0 Å². The fourth-order valence-corrected chi connectivity index (χ4v) is 3.01. The normalized spacial score (nSPS) is 28.0. The van der Waals surface area contributed by atoms with Crippen LogP contribution in [-0.2, 0) is 4.79 Å². The molecular weight excluding hydrogens is 240 g/mol. The molecule has 0 radical (unpaired) electrons. The first-order chi connectivity index (χ1) is 8.85. The van der Waals surface area contributed by atoms with Crippen molar-refractivity contribution in [2.45, 2.75) is 39.0 Å². The third-order valence-electron chi connectivity index (χ3n) is 4.40. The van der Waals surface area contributed by atoms with Crippen LogP contribution in [0.15, 0.2) is 0 Å². The molecule has 0 amide bonds. The molecule has 1 N–H and O–H groups in total. The summed E-state index contributed by atoms with van der Waals surface area (Å²) < 4.78 is 0. The Morgan fingerprint density at radius 2 is 1.79 bits per heavy atom. The number of carboxylic acids is 1. The van der Waals surface area contributed by atoms with Gasteiger partial charge in [0.2, 0.25) is 0 Å². The predicted molar refractivity (Wildman–Crippen MR) is 78.4 cm³/mol. The van der Waals surface area contributed by atoms with Crippen LogP contribution in [0.4, 0.5) is 0 Å². The highest BCUT2D eigenvalue weighted by atomic mass is 16.4. The fourth-order valence-electron chi connectivity index (χ4n) is 3.01. The van der Waals surface area contributed by atoms with Gasteiger partial charge < -0.3 is 14.9 Å². The van der Waals surface area contributed by atoms with Crippen molar-refractivity contribution in [3.05, 3.63) is 0 Å². The van der Waals surface area contributed by atoms with Gasteiger partial charge in [-0.1, -0.05) is 6.92 Å². The first-order valence-electron chi connectivity index (χ1n) is 7.42. The zero-order chi connectivity index (χ0) is 14.5. The van der Waals surface area contributed by atoms with Crippen LogP contribution in [0.2, 0.25) is 0 Å². The molecule has 0 aromatic heterocycles. The summed E-state index contributed by atoms with van der Waals surface area (Å²) in [5.41, 5.74) is -0.501. The van der Waals surface area contributed by atoms with Gasteiger partial charge in [0, 0.05) is 6.54 Å². The number of carbonyl (C=O) groups is 1. The molecule has 0 atom stereocenters. The summed E-state index contributed by atoms with van der Waals surface area (Å²) in [5, 5.41) is 9.60. The Balaban J connectivity index is 2.47.